The van der Waals surface area contributed by atoms with Gasteiger partial charge in [0, 0.05) is 19.3 Å². The molecule has 0 spiro atoms. The number of carbonyl (C=O) groups is 3. The van der Waals surface area contributed by atoms with Crippen molar-refractivity contribution in [3.8, 4) is 5.75 Å². The molecule has 10 nitrogen and oxygen atoms in total. The molecule has 0 bridgehead atoms. The topological polar surface area (TPSA) is 138 Å². The lowest BCUT2D eigenvalue weighted by atomic mass is 10.1. The minimum absolute atomic E-state index is 0.0222. The molecule has 0 fully saturated rings. The van der Waals surface area contributed by atoms with Gasteiger partial charge in [0.1, 0.15) is 17.6 Å². The average Bonchev–Trinajstić information content (AvgIpc) is 3.34. The monoisotopic (exact) mass is 524 g/mol. The number of fused-ring (bicyclic) bond motifs is 2. The number of hydrogen-bond acceptors (Lipinski definition) is 6. The first-order valence-corrected chi connectivity index (χ1v) is 11.3. The Morgan fingerprint density at radius 2 is 1.82 bits per heavy atom. The number of ether oxygens (including phenoxy) is 1. The van der Waals surface area contributed by atoms with Crippen LogP contribution in [0.5, 0.6) is 5.75 Å². The molecule has 1 aliphatic heterocycles. The van der Waals surface area contributed by atoms with Gasteiger partial charge in [-0.3, -0.25) is 14.4 Å². The molecule has 2 aromatic carbocycles. The molecule has 0 atom stereocenters. The molecule has 4 aromatic rings. The van der Waals surface area contributed by atoms with Crippen molar-refractivity contribution in [3.63, 3.8) is 0 Å². The molecule has 0 aliphatic carbocycles. The Hall–Kier alpha value is -4.94. The summed E-state index contributed by atoms with van der Waals surface area (Å²) in [5.74, 6) is -0.977. The molecule has 0 radical (unpaired) electrons. The summed E-state index contributed by atoms with van der Waals surface area (Å²) in [7, 11) is 0. The van der Waals surface area contributed by atoms with Crippen molar-refractivity contribution in [2.45, 2.75) is 19.3 Å². The number of anilines is 1. The van der Waals surface area contributed by atoms with Crippen LogP contribution in [0.3, 0.4) is 0 Å². The minimum Gasteiger partial charge on any atom is -0.482 e. The molecule has 13 heteroatoms. The number of aromatic nitrogens is 3. The molecule has 194 valence electrons. The first-order chi connectivity index (χ1) is 18.2. The lowest BCUT2D eigenvalue weighted by Crippen LogP contribution is -2.26. The quantitative estimate of drug-likeness (QED) is 0.306. The second-order valence-corrected chi connectivity index (χ2v) is 8.34. The van der Waals surface area contributed by atoms with Crippen LogP contribution < -0.4 is 20.7 Å². The van der Waals surface area contributed by atoms with Crippen molar-refractivity contribution in [1.29, 1.82) is 0 Å². The third kappa shape index (κ3) is 4.98. The second-order valence-electron chi connectivity index (χ2n) is 8.34. The summed E-state index contributed by atoms with van der Waals surface area (Å²) in [6, 6.07) is 10.0. The highest BCUT2D eigenvalue weighted by Crippen LogP contribution is 2.32. The Labute approximate surface area is 212 Å². The summed E-state index contributed by atoms with van der Waals surface area (Å²) in [5, 5.41) is 7.88. The molecule has 4 N–H and O–H groups in total. The number of aromatic amines is 1. The highest BCUT2D eigenvalue weighted by atomic mass is 19.4. The third-order valence-corrected chi connectivity index (χ3v) is 5.82. The van der Waals surface area contributed by atoms with Gasteiger partial charge in [-0.1, -0.05) is 24.3 Å². The molecule has 1 aliphatic rings. The highest BCUT2D eigenvalue weighted by Gasteiger charge is 2.33. The third-order valence-electron chi connectivity index (χ3n) is 5.82. The maximum absolute atomic E-state index is 13.2. The number of benzene rings is 2. The summed E-state index contributed by atoms with van der Waals surface area (Å²) >= 11 is 0. The number of H-pyrrole nitrogens is 1. The first-order valence-electron chi connectivity index (χ1n) is 11.3. The van der Waals surface area contributed by atoms with Gasteiger partial charge in [-0.2, -0.15) is 13.2 Å². The van der Waals surface area contributed by atoms with Gasteiger partial charge in [-0.15, -0.1) is 0 Å². The van der Waals surface area contributed by atoms with E-state index in [0.717, 1.165) is 12.4 Å². The van der Waals surface area contributed by atoms with Crippen LogP contribution in [0.1, 0.15) is 37.5 Å². The van der Waals surface area contributed by atoms with Crippen molar-refractivity contribution < 1.29 is 32.3 Å². The van der Waals surface area contributed by atoms with Gasteiger partial charge in [-0.05, 0) is 29.3 Å². The van der Waals surface area contributed by atoms with Crippen LogP contribution in [0.4, 0.5) is 18.9 Å². The lowest BCUT2D eigenvalue weighted by molar-refractivity contribution is -0.138. The van der Waals surface area contributed by atoms with Crippen molar-refractivity contribution >= 4 is 34.4 Å². The number of nitrogens with one attached hydrogen (secondary N) is 4. The number of alkyl halides is 3. The standard InChI is InChI=1S/C25H19F3N6O4/c26-25(27,28)16-4-2-1-3-14(16)9-31-23(36)15-10-29-21-20(15)32-12-33-22(21)24(37)30-8-13-5-6-18-17(7-13)34-19(35)11-38-18/h1-7,10,12,29H,8-9,11H2,(H,30,37)(H,31,36)(H,34,35). The highest BCUT2D eigenvalue weighted by molar-refractivity contribution is 6.10. The maximum Gasteiger partial charge on any atom is 0.416 e. The lowest BCUT2D eigenvalue weighted by Gasteiger charge is -2.18. The largest absolute Gasteiger partial charge is 0.482 e. The summed E-state index contributed by atoms with van der Waals surface area (Å²) in [6.45, 7) is -0.310. The van der Waals surface area contributed by atoms with Crippen LogP contribution in [-0.2, 0) is 24.1 Å². The number of amides is 3. The first kappa shape index (κ1) is 24.7. The van der Waals surface area contributed by atoms with E-state index in [4.69, 9.17) is 4.74 Å². The Morgan fingerprint density at radius 3 is 2.63 bits per heavy atom. The van der Waals surface area contributed by atoms with Crippen LogP contribution in [0.25, 0.3) is 11.0 Å². The fourth-order valence-electron chi connectivity index (χ4n) is 4.01. The summed E-state index contributed by atoms with van der Waals surface area (Å²) in [6.07, 6.45) is -2.13. The van der Waals surface area contributed by atoms with Gasteiger partial charge in [0.05, 0.1) is 22.3 Å². The molecule has 0 saturated carbocycles. The minimum atomic E-state index is -4.56. The van der Waals surface area contributed by atoms with Crippen LogP contribution in [0.15, 0.2) is 55.0 Å². The zero-order valence-electron chi connectivity index (χ0n) is 19.5. The number of hydrogen-bond donors (Lipinski definition) is 4. The van der Waals surface area contributed by atoms with E-state index in [-0.39, 0.29) is 53.5 Å². The molecule has 5 rings (SSSR count). The summed E-state index contributed by atoms with van der Waals surface area (Å²) in [5.41, 5.74) is 0.620. The molecule has 38 heavy (non-hydrogen) atoms. The van der Waals surface area contributed by atoms with E-state index in [2.05, 4.69) is 30.9 Å². The molecule has 3 amide bonds. The van der Waals surface area contributed by atoms with Crippen molar-refractivity contribution in [2.24, 2.45) is 0 Å². The van der Waals surface area contributed by atoms with E-state index in [1.54, 1.807) is 18.2 Å². The summed E-state index contributed by atoms with van der Waals surface area (Å²) in [4.78, 5) is 48.1. The number of rotatable bonds is 6. The van der Waals surface area contributed by atoms with E-state index >= 15 is 0 Å². The Morgan fingerprint density at radius 1 is 1.03 bits per heavy atom. The van der Waals surface area contributed by atoms with Gasteiger partial charge >= 0.3 is 6.18 Å². The van der Waals surface area contributed by atoms with Crippen molar-refractivity contribution in [3.05, 3.63) is 82.9 Å². The molecule has 3 heterocycles. The van der Waals surface area contributed by atoms with E-state index in [0.29, 0.717) is 17.0 Å². The van der Waals surface area contributed by atoms with E-state index in [1.165, 1.54) is 24.4 Å². The molecular formula is C25H19F3N6O4. The van der Waals surface area contributed by atoms with Crippen molar-refractivity contribution in [1.82, 2.24) is 25.6 Å². The molecule has 2 aromatic heterocycles. The Kier molecular flexibility index (Phi) is 6.41. The second kappa shape index (κ2) is 9.84. The number of carbonyl (C=O) groups excluding carboxylic acids is 3. The molecule has 0 unspecified atom stereocenters. The van der Waals surface area contributed by atoms with Gasteiger partial charge in [0.15, 0.2) is 12.3 Å². The molecule has 0 saturated heterocycles. The normalized spacial score (nSPS) is 12.9. The van der Waals surface area contributed by atoms with Crippen LogP contribution in [0, 0.1) is 0 Å². The van der Waals surface area contributed by atoms with E-state index in [9.17, 15) is 27.6 Å². The Bertz CT molecular complexity index is 1570. The zero-order chi connectivity index (χ0) is 26.9. The fraction of sp³-hybridized carbons (Fsp3) is 0.160. The van der Waals surface area contributed by atoms with Gasteiger partial charge < -0.3 is 25.7 Å². The summed E-state index contributed by atoms with van der Waals surface area (Å²) < 4.78 is 45.0. The maximum atomic E-state index is 13.2. The zero-order valence-corrected chi connectivity index (χ0v) is 19.5. The van der Waals surface area contributed by atoms with Gasteiger partial charge in [0.25, 0.3) is 17.7 Å². The van der Waals surface area contributed by atoms with Crippen LogP contribution in [-0.4, -0.2) is 39.3 Å². The van der Waals surface area contributed by atoms with Gasteiger partial charge in [-0.25, -0.2) is 9.97 Å². The van der Waals surface area contributed by atoms with Crippen molar-refractivity contribution in [2.75, 3.05) is 11.9 Å². The van der Waals surface area contributed by atoms with E-state index < -0.39 is 23.6 Å². The van der Waals surface area contributed by atoms with Crippen LogP contribution >= 0.6 is 0 Å². The number of halogens is 3. The number of nitrogens with zero attached hydrogens (tertiary/aromatic N) is 2. The fourth-order valence-corrected chi connectivity index (χ4v) is 4.01. The van der Waals surface area contributed by atoms with Crippen LogP contribution in [0.2, 0.25) is 0 Å². The smallest absolute Gasteiger partial charge is 0.416 e. The average molecular weight is 524 g/mol. The Balaban J connectivity index is 1.29. The van der Waals surface area contributed by atoms with Gasteiger partial charge in [0.2, 0.25) is 0 Å². The molecular weight excluding hydrogens is 505 g/mol. The predicted molar refractivity (Wildman–Crippen MR) is 128 cm³/mol. The predicted octanol–water partition coefficient (Wildman–Crippen LogP) is 3.17. The SMILES string of the molecule is O=C1COc2ccc(CNC(=O)c3ncnc4c(C(=O)NCc5ccccc5C(F)(F)F)c[nH]c34)cc2N1. The van der Waals surface area contributed by atoms with E-state index in [1.807, 2.05) is 0 Å².